The van der Waals surface area contributed by atoms with Crippen molar-refractivity contribution in [3.05, 3.63) is 47.7 Å². The van der Waals surface area contributed by atoms with Crippen molar-refractivity contribution in [3.8, 4) is 0 Å². The van der Waals surface area contributed by atoms with Gasteiger partial charge in [-0.3, -0.25) is 4.90 Å². The Kier molecular flexibility index (Phi) is 5.01. The van der Waals surface area contributed by atoms with Crippen LogP contribution in [-0.2, 0) is 22.9 Å². The lowest BCUT2D eigenvalue weighted by atomic mass is 10.1. The molecule has 0 bridgehead atoms. The van der Waals surface area contributed by atoms with Gasteiger partial charge in [0.15, 0.2) is 9.84 Å². The lowest BCUT2D eigenvalue weighted by Gasteiger charge is -2.26. The summed E-state index contributed by atoms with van der Waals surface area (Å²) >= 11 is 0. The van der Waals surface area contributed by atoms with Crippen LogP contribution in [0.25, 0.3) is 0 Å². The monoisotopic (exact) mass is 349 g/mol. The first-order valence-electron chi connectivity index (χ1n) is 8.23. The molecule has 1 aromatic carbocycles. The fraction of sp³-hybridized carbons (Fsp3) is 0.529. The number of nitrogens with zero attached hydrogens (tertiary/aromatic N) is 3. The molecule has 7 heteroatoms. The van der Waals surface area contributed by atoms with Crippen LogP contribution in [0.2, 0.25) is 0 Å². The van der Waals surface area contributed by atoms with Gasteiger partial charge >= 0.3 is 0 Å². The molecule has 0 N–H and O–H groups in total. The van der Waals surface area contributed by atoms with E-state index in [1.54, 1.807) is 0 Å². The molecule has 0 spiro atoms. The Labute approximate surface area is 142 Å². The van der Waals surface area contributed by atoms with Gasteiger partial charge in [-0.15, -0.1) is 10.2 Å². The van der Waals surface area contributed by atoms with Gasteiger partial charge in [-0.05, 0) is 12.0 Å². The lowest BCUT2D eigenvalue weighted by Crippen LogP contribution is -2.35. The average Bonchev–Trinajstić information content (AvgIpc) is 3.14. The van der Waals surface area contributed by atoms with E-state index >= 15 is 0 Å². The molecule has 2 heterocycles. The summed E-state index contributed by atoms with van der Waals surface area (Å²) in [5, 5.41) is 8.19. The number of hydrogen-bond donors (Lipinski definition) is 0. The van der Waals surface area contributed by atoms with E-state index in [0.29, 0.717) is 31.3 Å². The van der Waals surface area contributed by atoms with E-state index in [9.17, 15) is 8.42 Å². The van der Waals surface area contributed by atoms with Gasteiger partial charge in [0.2, 0.25) is 11.8 Å². The molecule has 1 aliphatic heterocycles. The smallest absolute Gasteiger partial charge is 0.230 e. The Morgan fingerprint density at radius 2 is 1.96 bits per heavy atom. The molecule has 0 aliphatic carbocycles. The molecule has 1 aliphatic rings. The van der Waals surface area contributed by atoms with E-state index < -0.39 is 9.84 Å². The number of hydrogen-bond acceptors (Lipinski definition) is 6. The second-order valence-corrected chi connectivity index (χ2v) is 8.86. The minimum absolute atomic E-state index is 0.00962. The fourth-order valence-electron chi connectivity index (χ4n) is 2.93. The van der Waals surface area contributed by atoms with E-state index in [-0.39, 0.29) is 23.5 Å². The standard InChI is InChI=1S/C17H23N3O3S/c1-13(2)17-19-18-16(23-17)11-20(10-14-6-4-3-5-7-14)15-8-9-24(21,22)12-15/h3-7,13,15H,8-12H2,1-2H3/t15-/m0/s1. The summed E-state index contributed by atoms with van der Waals surface area (Å²) in [5.74, 6) is 1.79. The van der Waals surface area contributed by atoms with Crippen molar-refractivity contribution in [2.75, 3.05) is 11.5 Å². The second-order valence-electron chi connectivity index (χ2n) is 6.64. The van der Waals surface area contributed by atoms with Gasteiger partial charge in [-0.1, -0.05) is 44.2 Å². The Morgan fingerprint density at radius 3 is 2.54 bits per heavy atom. The van der Waals surface area contributed by atoms with Gasteiger partial charge in [-0.25, -0.2) is 8.42 Å². The first kappa shape index (κ1) is 17.1. The van der Waals surface area contributed by atoms with E-state index in [1.807, 2.05) is 44.2 Å². The second kappa shape index (κ2) is 7.03. The zero-order valence-corrected chi connectivity index (χ0v) is 14.9. The third kappa shape index (κ3) is 4.21. The molecule has 130 valence electrons. The third-order valence-corrected chi connectivity index (χ3v) is 6.02. The summed E-state index contributed by atoms with van der Waals surface area (Å²) in [6.07, 6.45) is 0.653. The maximum absolute atomic E-state index is 11.9. The Bertz CT molecular complexity index is 771. The predicted octanol–water partition coefficient (Wildman–Crippen LogP) is 2.38. The highest BCUT2D eigenvalue weighted by Crippen LogP contribution is 2.22. The minimum Gasteiger partial charge on any atom is -0.424 e. The first-order chi connectivity index (χ1) is 11.4. The van der Waals surface area contributed by atoms with Crippen LogP contribution in [0.15, 0.2) is 34.7 Å². The minimum atomic E-state index is -2.94. The van der Waals surface area contributed by atoms with E-state index in [1.165, 1.54) is 0 Å². The van der Waals surface area contributed by atoms with Crippen molar-refractivity contribution in [2.24, 2.45) is 0 Å². The Balaban J connectivity index is 1.78. The summed E-state index contributed by atoms with van der Waals surface area (Å²) < 4.78 is 29.4. The summed E-state index contributed by atoms with van der Waals surface area (Å²) in [5.41, 5.74) is 1.14. The van der Waals surface area contributed by atoms with Crippen molar-refractivity contribution in [1.82, 2.24) is 15.1 Å². The SMILES string of the molecule is CC(C)c1nnc(CN(Cc2ccccc2)[C@H]2CCS(=O)(=O)C2)o1. The molecule has 0 amide bonds. The van der Waals surface area contributed by atoms with Crippen LogP contribution in [0.1, 0.15) is 43.5 Å². The highest BCUT2D eigenvalue weighted by Gasteiger charge is 2.33. The van der Waals surface area contributed by atoms with Gasteiger partial charge in [0.05, 0.1) is 18.1 Å². The highest BCUT2D eigenvalue weighted by molar-refractivity contribution is 7.91. The molecular formula is C17H23N3O3S. The van der Waals surface area contributed by atoms with Gasteiger partial charge in [-0.2, -0.15) is 0 Å². The van der Waals surface area contributed by atoms with Crippen LogP contribution >= 0.6 is 0 Å². The number of benzene rings is 1. The number of rotatable bonds is 6. The zero-order valence-electron chi connectivity index (χ0n) is 14.1. The van der Waals surface area contributed by atoms with Crippen molar-refractivity contribution in [3.63, 3.8) is 0 Å². The van der Waals surface area contributed by atoms with Gasteiger partial charge in [0, 0.05) is 18.5 Å². The average molecular weight is 349 g/mol. The number of aromatic nitrogens is 2. The predicted molar refractivity (Wildman–Crippen MR) is 91.1 cm³/mol. The number of sulfone groups is 1. The summed E-state index contributed by atoms with van der Waals surface area (Å²) in [4.78, 5) is 2.14. The molecule has 1 aromatic heterocycles. The molecule has 0 unspecified atom stereocenters. The zero-order chi connectivity index (χ0) is 17.2. The van der Waals surface area contributed by atoms with Gasteiger partial charge in [0.1, 0.15) is 0 Å². The third-order valence-electron chi connectivity index (χ3n) is 4.27. The van der Waals surface area contributed by atoms with Crippen molar-refractivity contribution < 1.29 is 12.8 Å². The molecule has 0 saturated carbocycles. The summed E-state index contributed by atoms with van der Waals surface area (Å²) in [7, 11) is -2.94. The topological polar surface area (TPSA) is 76.3 Å². The van der Waals surface area contributed by atoms with Crippen molar-refractivity contribution >= 4 is 9.84 Å². The van der Waals surface area contributed by atoms with Crippen LogP contribution in [0.5, 0.6) is 0 Å². The summed E-state index contributed by atoms with van der Waals surface area (Å²) in [6.45, 7) is 5.14. The van der Waals surface area contributed by atoms with Crippen molar-refractivity contribution in [2.45, 2.75) is 45.3 Å². The van der Waals surface area contributed by atoms with E-state index in [4.69, 9.17) is 4.42 Å². The lowest BCUT2D eigenvalue weighted by molar-refractivity contribution is 0.174. The molecule has 2 aromatic rings. The van der Waals surface area contributed by atoms with Crippen LogP contribution in [-0.4, -0.2) is 41.1 Å². The quantitative estimate of drug-likeness (QED) is 0.797. The maximum Gasteiger partial charge on any atom is 0.230 e. The van der Waals surface area contributed by atoms with Gasteiger partial charge in [0.25, 0.3) is 0 Å². The molecule has 6 nitrogen and oxygen atoms in total. The molecule has 24 heavy (non-hydrogen) atoms. The van der Waals surface area contributed by atoms with Crippen molar-refractivity contribution in [1.29, 1.82) is 0 Å². The molecular weight excluding hydrogens is 326 g/mol. The van der Waals surface area contributed by atoms with Crippen LogP contribution in [0, 0.1) is 0 Å². The first-order valence-corrected chi connectivity index (χ1v) is 10.1. The fourth-order valence-corrected chi connectivity index (χ4v) is 4.69. The normalized spacial score (nSPS) is 20.1. The van der Waals surface area contributed by atoms with E-state index in [2.05, 4.69) is 15.1 Å². The highest BCUT2D eigenvalue weighted by atomic mass is 32.2. The summed E-state index contributed by atoms with van der Waals surface area (Å²) in [6, 6.07) is 10.0. The van der Waals surface area contributed by atoms with Crippen LogP contribution < -0.4 is 0 Å². The Hall–Kier alpha value is -1.73. The molecule has 3 rings (SSSR count). The largest absolute Gasteiger partial charge is 0.424 e. The molecule has 1 atom stereocenters. The van der Waals surface area contributed by atoms with Crippen LogP contribution in [0.4, 0.5) is 0 Å². The molecule has 1 fully saturated rings. The molecule has 1 saturated heterocycles. The van der Waals surface area contributed by atoms with Crippen LogP contribution in [0.3, 0.4) is 0 Å². The Morgan fingerprint density at radius 1 is 1.21 bits per heavy atom. The molecule has 0 radical (unpaired) electrons. The van der Waals surface area contributed by atoms with Gasteiger partial charge < -0.3 is 4.42 Å². The van der Waals surface area contributed by atoms with E-state index in [0.717, 1.165) is 5.56 Å². The maximum atomic E-state index is 11.9.